The molecule has 3 aromatic rings. The Morgan fingerprint density at radius 1 is 1.13 bits per heavy atom. The molecule has 1 heterocycles. The fourth-order valence-electron chi connectivity index (χ4n) is 2.91. The van der Waals surface area contributed by atoms with Crippen molar-refractivity contribution in [2.24, 2.45) is 0 Å². The van der Waals surface area contributed by atoms with E-state index in [0.717, 1.165) is 10.0 Å². The molecule has 0 saturated carbocycles. The summed E-state index contributed by atoms with van der Waals surface area (Å²) in [4.78, 5) is 32.4. The number of hydrogen-bond acceptors (Lipinski definition) is 4. The van der Waals surface area contributed by atoms with Crippen molar-refractivity contribution in [1.82, 2.24) is 9.97 Å². The van der Waals surface area contributed by atoms with Crippen LogP contribution >= 0.6 is 11.6 Å². The first-order valence-electron chi connectivity index (χ1n) is 9.21. The second-order valence-electron chi connectivity index (χ2n) is 6.94. The van der Waals surface area contributed by atoms with Gasteiger partial charge in [0.15, 0.2) is 0 Å². The molecule has 0 aliphatic rings. The topological polar surface area (TPSA) is 92.2 Å². The molecule has 0 atom stereocenters. The molecule has 2 aromatic carbocycles. The number of aromatic nitrogens is 2. The van der Waals surface area contributed by atoms with Gasteiger partial charge in [0, 0.05) is 5.02 Å². The summed E-state index contributed by atoms with van der Waals surface area (Å²) < 4.78 is 0.903. The van der Waals surface area contributed by atoms with Gasteiger partial charge >= 0.3 is 156 Å². The molecular weight excluding hydrogens is 465 g/mol. The average molecular weight is 486 g/mol. The molecule has 0 unspecified atom stereocenters. The number of carboxylic acids is 1. The number of benzene rings is 2. The fraction of sp³-hybridized carbons (Fsp3) is 0.182. The van der Waals surface area contributed by atoms with Gasteiger partial charge in [0.05, 0.1) is 0 Å². The molecule has 8 heteroatoms. The normalized spacial score (nSPS) is 10.8. The molecule has 0 bridgehead atoms. The number of halogens is 1. The van der Waals surface area contributed by atoms with Crippen molar-refractivity contribution in [1.29, 1.82) is 0 Å². The third kappa shape index (κ3) is 5.91. The van der Waals surface area contributed by atoms with Crippen LogP contribution in [-0.2, 0) is 17.6 Å². The van der Waals surface area contributed by atoms with E-state index >= 15 is 0 Å². The first-order valence-corrected chi connectivity index (χ1v) is 14.3. The van der Waals surface area contributed by atoms with Crippen LogP contribution in [0.25, 0.3) is 0 Å². The second kappa shape index (κ2) is 9.88. The molecule has 0 aliphatic carbocycles. The van der Waals surface area contributed by atoms with Crippen LogP contribution in [0.2, 0.25) is 16.4 Å². The minimum atomic E-state index is -1.36. The van der Waals surface area contributed by atoms with E-state index in [1.54, 1.807) is 30.5 Å². The summed E-state index contributed by atoms with van der Waals surface area (Å²) in [6.07, 6.45) is 2.12. The summed E-state index contributed by atoms with van der Waals surface area (Å²) in [5.74, 6) is -0.439. The van der Waals surface area contributed by atoms with E-state index in [1.807, 2.05) is 24.3 Å². The van der Waals surface area contributed by atoms with Crippen molar-refractivity contribution in [2.75, 3.05) is 5.32 Å². The summed E-state index contributed by atoms with van der Waals surface area (Å²) in [6, 6.07) is 14.3. The molecule has 6 nitrogen and oxygen atoms in total. The van der Waals surface area contributed by atoms with Gasteiger partial charge in [-0.2, -0.15) is 0 Å². The monoisotopic (exact) mass is 485 g/mol. The van der Waals surface area contributed by atoms with Crippen molar-refractivity contribution in [2.45, 2.75) is 24.3 Å². The van der Waals surface area contributed by atoms with Crippen LogP contribution in [0, 0.1) is 0 Å². The van der Waals surface area contributed by atoms with Gasteiger partial charge in [-0.3, -0.25) is 0 Å². The van der Waals surface area contributed by atoms with Gasteiger partial charge in [0.1, 0.15) is 0 Å². The van der Waals surface area contributed by atoms with Gasteiger partial charge in [-0.15, -0.1) is 0 Å². The molecule has 30 heavy (non-hydrogen) atoms. The predicted molar refractivity (Wildman–Crippen MR) is 119 cm³/mol. The summed E-state index contributed by atoms with van der Waals surface area (Å²) in [6.45, 7) is 0. The van der Waals surface area contributed by atoms with Crippen molar-refractivity contribution >= 4 is 48.3 Å². The molecule has 0 aliphatic heterocycles. The van der Waals surface area contributed by atoms with Gasteiger partial charge in [-0.1, -0.05) is 17.7 Å². The van der Waals surface area contributed by atoms with E-state index in [-0.39, 0.29) is 12.3 Å². The number of amides is 1. The molecule has 0 spiro atoms. The van der Waals surface area contributed by atoms with Gasteiger partial charge in [0.2, 0.25) is 0 Å². The summed E-state index contributed by atoms with van der Waals surface area (Å²) >= 11 is 4.57. The SMILES string of the molecule is C[As](C)c1nc(Cc2ccc(NC(=O)c3cccc(Cl)c3)cc2)ncc1CC(=O)O. The fourth-order valence-corrected chi connectivity index (χ4v) is 5.26. The van der Waals surface area contributed by atoms with E-state index in [4.69, 9.17) is 16.7 Å². The van der Waals surface area contributed by atoms with Crippen LogP contribution in [0.3, 0.4) is 0 Å². The molecule has 0 saturated heterocycles. The molecule has 3 rings (SSSR count). The van der Waals surface area contributed by atoms with E-state index in [0.29, 0.717) is 34.1 Å². The first kappa shape index (κ1) is 22.0. The van der Waals surface area contributed by atoms with E-state index in [9.17, 15) is 9.59 Å². The average Bonchev–Trinajstić information content (AvgIpc) is 2.70. The van der Waals surface area contributed by atoms with E-state index in [1.165, 1.54) is 0 Å². The molecular formula is C22H21AsClN3O3. The van der Waals surface area contributed by atoms with Crippen LogP contribution in [0.1, 0.15) is 27.3 Å². The Balaban J connectivity index is 1.70. The Kier molecular flexibility index (Phi) is 7.24. The molecule has 1 aromatic heterocycles. The van der Waals surface area contributed by atoms with Gasteiger partial charge in [0.25, 0.3) is 0 Å². The Bertz CT molecular complexity index is 1070. The molecule has 1 amide bonds. The van der Waals surface area contributed by atoms with E-state index in [2.05, 4.69) is 26.7 Å². The number of hydrogen-bond donors (Lipinski definition) is 2. The van der Waals surface area contributed by atoms with Crippen LogP contribution in [0.4, 0.5) is 5.69 Å². The maximum atomic E-state index is 12.3. The Labute approximate surface area is 184 Å². The van der Waals surface area contributed by atoms with Crippen LogP contribution in [0.15, 0.2) is 54.7 Å². The number of rotatable bonds is 7. The summed E-state index contributed by atoms with van der Waals surface area (Å²) in [5.41, 5.74) is 7.13. The van der Waals surface area contributed by atoms with Gasteiger partial charge < -0.3 is 0 Å². The number of nitrogens with zero attached hydrogens (tertiary/aromatic N) is 2. The molecule has 2 N–H and O–H groups in total. The maximum absolute atomic E-state index is 12.3. The number of carbonyl (C=O) groups is 2. The van der Waals surface area contributed by atoms with Gasteiger partial charge in [-0.05, 0) is 6.07 Å². The second-order valence-corrected chi connectivity index (χ2v) is 12.0. The minimum absolute atomic E-state index is 0.0520. The quantitative estimate of drug-likeness (QED) is 0.499. The summed E-state index contributed by atoms with van der Waals surface area (Å²) in [7, 11) is 0. The zero-order valence-corrected chi connectivity index (χ0v) is 19.2. The number of carbonyl (C=O) groups excluding carboxylic acids is 1. The Morgan fingerprint density at radius 3 is 2.50 bits per heavy atom. The van der Waals surface area contributed by atoms with Crippen molar-refractivity contribution in [3.05, 3.63) is 82.3 Å². The number of carboxylic acid groups (broad SMARTS) is 1. The van der Waals surface area contributed by atoms with Crippen LogP contribution in [0.5, 0.6) is 0 Å². The van der Waals surface area contributed by atoms with Crippen molar-refractivity contribution in [3.8, 4) is 0 Å². The Hall–Kier alpha value is -2.69. The number of nitrogens with one attached hydrogen (secondary N) is 1. The van der Waals surface area contributed by atoms with Crippen LogP contribution < -0.4 is 9.80 Å². The third-order valence-electron chi connectivity index (χ3n) is 4.32. The molecule has 0 fully saturated rings. The Morgan fingerprint density at radius 2 is 1.87 bits per heavy atom. The van der Waals surface area contributed by atoms with Crippen molar-refractivity contribution < 1.29 is 14.7 Å². The van der Waals surface area contributed by atoms with Crippen molar-refractivity contribution in [3.63, 3.8) is 0 Å². The first-order chi connectivity index (χ1) is 14.3. The van der Waals surface area contributed by atoms with Crippen LogP contribution in [-0.4, -0.2) is 41.6 Å². The van der Waals surface area contributed by atoms with Gasteiger partial charge in [-0.25, -0.2) is 0 Å². The zero-order valence-electron chi connectivity index (χ0n) is 16.6. The standard InChI is InChI=1S/C22H21AsClN3O3/c1-23(2)21-16(12-20(28)29)13-25-19(27-21)10-14-6-8-18(9-7-14)26-22(30)15-4-3-5-17(24)11-15/h3-9,11,13H,10,12H2,1-2H3,(H,26,30)(H,28,29). The number of aliphatic carboxylic acids is 1. The number of anilines is 1. The molecule has 154 valence electrons. The molecule has 0 radical (unpaired) electrons. The predicted octanol–water partition coefficient (Wildman–Crippen LogP) is 3.56. The zero-order chi connectivity index (χ0) is 21.7. The summed E-state index contributed by atoms with van der Waals surface area (Å²) in [5, 5.41) is 12.4. The van der Waals surface area contributed by atoms with E-state index < -0.39 is 20.6 Å². The third-order valence-corrected chi connectivity index (χ3v) is 7.14.